The molecule has 9 nitrogen and oxygen atoms in total. The van der Waals surface area contributed by atoms with Gasteiger partial charge in [0.05, 0.1) is 19.8 Å². The van der Waals surface area contributed by atoms with Gasteiger partial charge in [-0.1, -0.05) is 0 Å². The van der Waals surface area contributed by atoms with Gasteiger partial charge in [0.2, 0.25) is 5.28 Å². The number of rotatable bonds is 5. The monoisotopic (exact) mass is 375 g/mol. The van der Waals surface area contributed by atoms with Gasteiger partial charge in [-0.2, -0.15) is 9.97 Å². The molecule has 24 heavy (non-hydrogen) atoms. The number of hydrogen-bond acceptors (Lipinski definition) is 7. The Morgan fingerprint density at radius 2 is 2.04 bits per heavy atom. The van der Waals surface area contributed by atoms with Crippen molar-refractivity contribution in [3.8, 4) is 0 Å². The molecule has 3 rings (SSSR count). The summed E-state index contributed by atoms with van der Waals surface area (Å²) in [6.07, 6.45) is -0.201. The Kier molecular flexibility index (Phi) is 5.08. The fraction of sp³-hybridized carbons (Fsp3) is 0.615. The largest absolute Gasteiger partial charge is 0.378 e. The number of aryl methyl sites for hydroxylation is 1. The standard InChI is InChI=1S/C13H19ClN5O4P/c1-3-23-24(20,21)8-9-15-10-11(18(9)2)16-13(14)17-12(10)19-4-6-22-7-5-19/h3-8H2,1-2H3,(H,20,21). The minimum atomic E-state index is -3.75. The number of morpholine rings is 1. The Labute approximate surface area is 144 Å². The molecule has 11 heteroatoms. The van der Waals surface area contributed by atoms with E-state index >= 15 is 0 Å². The molecule has 1 unspecified atom stereocenters. The van der Waals surface area contributed by atoms with Gasteiger partial charge in [0.25, 0.3) is 0 Å². The normalized spacial score (nSPS) is 18.1. The number of aromatic nitrogens is 4. The highest BCUT2D eigenvalue weighted by molar-refractivity contribution is 7.51. The van der Waals surface area contributed by atoms with Gasteiger partial charge < -0.3 is 23.6 Å². The molecular weight excluding hydrogens is 357 g/mol. The van der Waals surface area contributed by atoms with Crippen LogP contribution in [0, 0.1) is 0 Å². The number of ether oxygens (including phenoxy) is 1. The number of anilines is 1. The van der Waals surface area contributed by atoms with Crippen LogP contribution < -0.4 is 4.90 Å². The summed E-state index contributed by atoms with van der Waals surface area (Å²) in [4.78, 5) is 24.9. The van der Waals surface area contributed by atoms with Crippen molar-refractivity contribution in [3.05, 3.63) is 11.1 Å². The topological polar surface area (TPSA) is 103 Å². The Morgan fingerprint density at radius 1 is 1.33 bits per heavy atom. The molecule has 3 heterocycles. The van der Waals surface area contributed by atoms with Crippen molar-refractivity contribution >= 4 is 36.2 Å². The van der Waals surface area contributed by atoms with E-state index in [2.05, 4.69) is 15.0 Å². The molecule has 0 spiro atoms. The van der Waals surface area contributed by atoms with E-state index in [1.54, 1.807) is 18.5 Å². The summed E-state index contributed by atoms with van der Waals surface area (Å²) >= 11 is 6.06. The van der Waals surface area contributed by atoms with Crippen LogP contribution in [-0.2, 0) is 27.0 Å². The lowest BCUT2D eigenvalue weighted by Gasteiger charge is -2.27. The quantitative estimate of drug-likeness (QED) is 0.620. The maximum absolute atomic E-state index is 12.1. The van der Waals surface area contributed by atoms with Crippen molar-refractivity contribution in [1.82, 2.24) is 19.5 Å². The summed E-state index contributed by atoms with van der Waals surface area (Å²) in [7, 11) is -2.03. The fourth-order valence-electron chi connectivity index (χ4n) is 2.63. The van der Waals surface area contributed by atoms with Crippen LogP contribution in [0.25, 0.3) is 11.2 Å². The maximum atomic E-state index is 12.1. The zero-order valence-corrected chi connectivity index (χ0v) is 15.1. The molecule has 2 aromatic heterocycles. The average molecular weight is 376 g/mol. The molecule has 1 N–H and O–H groups in total. The van der Waals surface area contributed by atoms with Crippen molar-refractivity contribution < 1.29 is 18.7 Å². The molecule has 132 valence electrons. The lowest BCUT2D eigenvalue weighted by molar-refractivity contribution is 0.122. The maximum Gasteiger partial charge on any atom is 0.335 e. The van der Waals surface area contributed by atoms with E-state index in [4.69, 9.17) is 20.9 Å². The van der Waals surface area contributed by atoms with Crippen molar-refractivity contribution in [3.63, 3.8) is 0 Å². The summed E-state index contributed by atoms with van der Waals surface area (Å²) in [5, 5.41) is 0.107. The number of hydrogen-bond donors (Lipinski definition) is 1. The predicted molar refractivity (Wildman–Crippen MR) is 89.5 cm³/mol. The van der Waals surface area contributed by atoms with Crippen LogP contribution in [0.5, 0.6) is 0 Å². The van der Waals surface area contributed by atoms with E-state index < -0.39 is 7.60 Å². The van der Waals surface area contributed by atoms with Gasteiger partial charge in [-0.25, -0.2) is 4.98 Å². The zero-order valence-electron chi connectivity index (χ0n) is 13.5. The Hall–Kier alpha value is -1.25. The van der Waals surface area contributed by atoms with Gasteiger partial charge in [0, 0.05) is 20.1 Å². The van der Waals surface area contributed by atoms with E-state index in [1.807, 2.05) is 4.90 Å². The van der Waals surface area contributed by atoms with E-state index in [0.717, 1.165) is 0 Å². The van der Waals surface area contributed by atoms with E-state index in [0.29, 0.717) is 49.1 Å². The molecule has 0 bridgehead atoms. The van der Waals surface area contributed by atoms with Gasteiger partial charge in [-0.05, 0) is 18.5 Å². The van der Waals surface area contributed by atoms with E-state index in [-0.39, 0.29) is 18.1 Å². The third-order valence-corrected chi connectivity index (χ3v) is 5.26. The molecule has 1 saturated heterocycles. The number of halogens is 1. The van der Waals surface area contributed by atoms with Crippen molar-refractivity contribution in [1.29, 1.82) is 0 Å². The van der Waals surface area contributed by atoms with Gasteiger partial charge in [-0.15, -0.1) is 0 Å². The van der Waals surface area contributed by atoms with Gasteiger partial charge in [0.1, 0.15) is 12.0 Å². The van der Waals surface area contributed by atoms with Crippen LogP contribution in [0.15, 0.2) is 0 Å². The number of fused-ring (bicyclic) bond motifs is 1. The molecule has 1 aliphatic rings. The highest BCUT2D eigenvalue weighted by atomic mass is 35.5. The summed E-state index contributed by atoms with van der Waals surface area (Å²) < 4.78 is 24.0. The molecule has 0 radical (unpaired) electrons. The van der Waals surface area contributed by atoms with Gasteiger partial charge >= 0.3 is 7.60 Å². The molecule has 0 aromatic carbocycles. The summed E-state index contributed by atoms with van der Waals surface area (Å²) in [5.41, 5.74) is 1.07. The fourth-order valence-corrected chi connectivity index (χ4v) is 3.92. The molecular formula is C13H19ClN5O4P. The van der Waals surface area contributed by atoms with Gasteiger partial charge in [0.15, 0.2) is 17.0 Å². The van der Waals surface area contributed by atoms with Crippen LogP contribution in [0.2, 0.25) is 5.28 Å². The first-order chi connectivity index (χ1) is 11.4. The first-order valence-corrected chi connectivity index (χ1v) is 9.73. The molecule has 0 saturated carbocycles. The second-order valence-corrected chi connectivity index (χ2v) is 7.58. The molecule has 1 atom stereocenters. The minimum absolute atomic E-state index is 0.107. The Bertz CT molecular complexity index is 792. The van der Waals surface area contributed by atoms with Crippen LogP contribution in [0.1, 0.15) is 12.7 Å². The third kappa shape index (κ3) is 3.55. The van der Waals surface area contributed by atoms with Crippen molar-refractivity contribution in [2.75, 3.05) is 37.8 Å². The second kappa shape index (κ2) is 6.93. The molecule has 0 aliphatic carbocycles. The Morgan fingerprint density at radius 3 is 2.71 bits per heavy atom. The van der Waals surface area contributed by atoms with Crippen LogP contribution in [-0.4, -0.2) is 57.3 Å². The molecule has 0 amide bonds. The van der Waals surface area contributed by atoms with Crippen LogP contribution in [0.4, 0.5) is 5.82 Å². The van der Waals surface area contributed by atoms with Crippen LogP contribution >= 0.6 is 19.2 Å². The molecule has 1 fully saturated rings. The first kappa shape index (κ1) is 17.6. The predicted octanol–water partition coefficient (Wildman–Crippen LogP) is 1.58. The Balaban J connectivity index is 2.04. The lowest BCUT2D eigenvalue weighted by Crippen LogP contribution is -2.37. The first-order valence-electron chi connectivity index (χ1n) is 7.59. The van der Waals surface area contributed by atoms with E-state index in [1.165, 1.54) is 0 Å². The van der Waals surface area contributed by atoms with Crippen molar-refractivity contribution in [2.45, 2.75) is 13.1 Å². The molecule has 1 aliphatic heterocycles. The third-order valence-electron chi connectivity index (χ3n) is 3.75. The summed E-state index contributed by atoms with van der Waals surface area (Å²) in [6, 6.07) is 0. The highest BCUT2D eigenvalue weighted by Crippen LogP contribution is 2.45. The molecule has 2 aromatic rings. The van der Waals surface area contributed by atoms with Gasteiger partial charge in [-0.3, -0.25) is 4.57 Å². The highest BCUT2D eigenvalue weighted by Gasteiger charge is 2.26. The lowest BCUT2D eigenvalue weighted by atomic mass is 10.4. The zero-order chi connectivity index (χ0) is 17.3. The summed E-state index contributed by atoms with van der Waals surface area (Å²) in [5.74, 6) is 1.01. The average Bonchev–Trinajstić information content (AvgIpc) is 2.83. The number of nitrogens with zero attached hydrogens (tertiary/aromatic N) is 5. The van der Waals surface area contributed by atoms with Crippen LogP contribution in [0.3, 0.4) is 0 Å². The number of imidazole rings is 1. The summed E-state index contributed by atoms with van der Waals surface area (Å²) in [6.45, 7) is 4.36. The second-order valence-electron chi connectivity index (χ2n) is 5.39. The smallest absolute Gasteiger partial charge is 0.335 e. The SMILES string of the molecule is CCOP(=O)(O)Cc1nc2c(N3CCOCC3)nc(Cl)nc2n1C. The van der Waals surface area contributed by atoms with Crippen molar-refractivity contribution in [2.24, 2.45) is 7.05 Å². The van der Waals surface area contributed by atoms with E-state index in [9.17, 15) is 9.46 Å². The minimum Gasteiger partial charge on any atom is -0.378 e.